The molecule has 28 heavy (non-hydrogen) atoms. The van der Waals surface area contributed by atoms with Gasteiger partial charge in [-0.2, -0.15) is 0 Å². The number of nitrogens with zero attached hydrogens (tertiary/aromatic N) is 1. The molecule has 1 fully saturated rings. The molecule has 2 atom stereocenters. The first-order chi connectivity index (χ1) is 13.6. The Balaban J connectivity index is 1.28. The van der Waals surface area contributed by atoms with Crippen molar-refractivity contribution in [3.05, 3.63) is 48.2 Å². The Morgan fingerprint density at radius 1 is 1.07 bits per heavy atom. The molecule has 0 spiro atoms. The third kappa shape index (κ3) is 6.52. The van der Waals surface area contributed by atoms with Crippen LogP contribution in [0.4, 0.5) is 0 Å². The number of carbonyl (C=O) groups is 1. The summed E-state index contributed by atoms with van der Waals surface area (Å²) in [6, 6.07) is 14.0. The molecule has 0 bridgehead atoms. The molecule has 0 aliphatic carbocycles. The number of hydrogen-bond donors (Lipinski definition) is 1. The van der Waals surface area contributed by atoms with Crippen molar-refractivity contribution in [1.82, 2.24) is 10.2 Å². The van der Waals surface area contributed by atoms with Crippen LogP contribution in [0, 0.1) is 11.8 Å². The smallest absolute Gasteiger partial charge is 0.220 e. The van der Waals surface area contributed by atoms with Gasteiger partial charge in [0.15, 0.2) is 0 Å². The number of amides is 1. The van der Waals surface area contributed by atoms with Gasteiger partial charge < -0.3 is 14.6 Å². The minimum atomic E-state index is 0.109. The van der Waals surface area contributed by atoms with Crippen LogP contribution in [0.25, 0.3) is 11.3 Å². The Kier molecular flexibility index (Phi) is 7.72. The average Bonchev–Trinajstić information content (AvgIpc) is 3.15. The van der Waals surface area contributed by atoms with Crippen LogP contribution in [0.5, 0.6) is 0 Å². The molecular weight excluding hydrogens is 348 g/mol. The van der Waals surface area contributed by atoms with E-state index in [0.29, 0.717) is 12.8 Å². The van der Waals surface area contributed by atoms with E-state index >= 15 is 0 Å². The van der Waals surface area contributed by atoms with Crippen LogP contribution in [0.15, 0.2) is 46.9 Å². The molecule has 4 heteroatoms. The summed E-state index contributed by atoms with van der Waals surface area (Å²) in [5.41, 5.74) is 1.07. The number of furan rings is 1. The van der Waals surface area contributed by atoms with Crippen molar-refractivity contribution < 1.29 is 9.21 Å². The highest BCUT2D eigenvalue weighted by molar-refractivity contribution is 5.76. The first-order valence-corrected chi connectivity index (χ1v) is 10.7. The van der Waals surface area contributed by atoms with Crippen molar-refractivity contribution in [1.29, 1.82) is 0 Å². The van der Waals surface area contributed by atoms with Gasteiger partial charge in [-0.3, -0.25) is 4.79 Å². The van der Waals surface area contributed by atoms with Gasteiger partial charge in [-0.1, -0.05) is 44.2 Å². The number of piperidine rings is 1. The Morgan fingerprint density at radius 3 is 2.57 bits per heavy atom. The Labute approximate surface area is 169 Å². The number of likely N-dealkylation sites (tertiary alicyclic amines) is 1. The van der Waals surface area contributed by atoms with Crippen LogP contribution >= 0.6 is 0 Å². The summed E-state index contributed by atoms with van der Waals surface area (Å²) in [7, 11) is 0. The van der Waals surface area contributed by atoms with Gasteiger partial charge in [0.2, 0.25) is 5.91 Å². The van der Waals surface area contributed by atoms with Crippen LogP contribution in [-0.4, -0.2) is 37.0 Å². The van der Waals surface area contributed by atoms with E-state index in [2.05, 4.69) is 24.1 Å². The summed E-state index contributed by atoms with van der Waals surface area (Å²) in [5, 5.41) is 3.05. The number of hydrogen-bond acceptors (Lipinski definition) is 3. The highest BCUT2D eigenvalue weighted by Crippen LogP contribution is 2.22. The monoisotopic (exact) mass is 382 g/mol. The van der Waals surface area contributed by atoms with Crippen molar-refractivity contribution in [2.75, 3.05) is 26.2 Å². The van der Waals surface area contributed by atoms with E-state index < -0.39 is 0 Å². The number of aryl methyl sites for hydroxylation is 1. The van der Waals surface area contributed by atoms with E-state index in [1.807, 2.05) is 42.5 Å². The van der Waals surface area contributed by atoms with Crippen LogP contribution < -0.4 is 5.32 Å². The fourth-order valence-electron chi connectivity index (χ4n) is 4.26. The minimum Gasteiger partial charge on any atom is -0.461 e. The molecule has 152 valence electrons. The van der Waals surface area contributed by atoms with Gasteiger partial charge in [0, 0.05) is 38.0 Å². The molecule has 1 N–H and O–H groups in total. The maximum Gasteiger partial charge on any atom is 0.220 e. The second-order valence-electron chi connectivity index (χ2n) is 8.39. The minimum absolute atomic E-state index is 0.109. The topological polar surface area (TPSA) is 45.5 Å². The van der Waals surface area contributed by atoms with Crippen molar-refractivity contribution in [2.45, 2.75) is 46.0 Å². The molecule has 1 aliphatic heterocycles. The van der Waals surface area contributed by atoms with Crippen LogP contribution in [0.2, 0.25) is 0 Å². The zero-order valence-corrected chi connectivity index (χ0v) is 17.3. The zero-order chi connectivity index (χ0) is 19.8. The molecule has 1 aromatic carbocycles. The van der Waals surface area contributed by atoms with E-state index in [4.69, 9.17) is 4.42 Å². The quantitative estimate of drug-likeness (QED) is 0.636. The van der Waals surface area contributed by atoms with Crippen molar-refractivity contribution in [3.63, 3.8) is 0 Å². The van der Waals surface area contributed by atoms with E-state index in [9.17, 15) is 4.79 Å². The molecular formula is C24H34N2O2. The number of benzene rings is 1. The maximum absolute atomic E-state index is 12.1. The molecule has 1 aliphatic rings. The van der Waals surface area contributed by atoms with Gasteiger partial charge in [0.25, 0.3) is 0 Å². The highest BCUT2D eigenvalue weighted by atomic mass is 16.3. The van der Waals surface area contributed by atoms with Gasteiger partial charge in [0.1, 0.15) is 11.5 Å². The average molecular weight is 383 g/mol. The lowest BCUT2D eigenvalue weighted by Gasteiger charge is -2.34. The van der Waals surface area contributed by atoms with Gasteiger partial charge in [-0.15, -0.1) is 0 Å². The number of rotatable bonds is 9. The lowest BCUT2D eigenvalue weighted by atomic mass is 9.92. The van der Waals surface area contributed by atoms with E-state index in [1.54, 1.807) is 0 Å². The zero-order valence-electron chi connectivity index (χ0n) is 17.3. The predicted octanol–water partition coefficient (Wildman–Crippen LogP) is 4.75. The lowest BCUT2D eigenvalue weighted by molar-refractivity contribution is -0.121. The largest absolute Gasteiger partial charge is 0.461 e. The number of unbranched alkanes of at least 4 members (excludes halogenated alkanes) is 1. The Bertz CT molecular complexity index is 715. The second kappa shape index (κ2) is 10.5. The van der Waals surface area contributed by atoms with Gasteiger partial charge in [-0.05, 0) is 49.8 Å². The first-order valence-electron chi connectivity index (χ1n) is 10.7. The fraction of sp³-hybridized carbons (Fsp3) is 0.542. The van der Waals surface area contributed by atoms with Crippen molar-refractivity contribution in [3.8, 4) is 11.3 Å². The van der Waals surface area contributed by atoms with Crippen LogP contribution in [0.1, 0.15) is 45.3 Å². The van der Waals surface area contributed by atoms with Crippen molar-refractivity contribution in [2.24, 2.45) is 11.8 Å². The number of carbonyl (C=O) groups excluding carboxylic acids is 1. The van der Waals surface area contributed by atoms with E-state index in [-0.39, 0.29) is 5.91 Å². The Hall–Kier alpha value is -2.07. The second-order valence-corrected chi connectivity index (χ2v) is 8.39. The first kappa shape index (κ1) is 20.7. The molecule has 1 amide bonds. The summed E-state index contributed by atoms with van der Waals surface area (Å²) in [6.45, 7) is 9.08. The standard InChI is InChI=1S/C24H34N2O2/c1-19-16-20(2)18-26(17-19)15-7-6-14-25-24(27)13-11-22-10-12-23(28-22)21-8-4-3-5-9-21/h3-5,8-10,12,19-20H,6-7,11,13-18H2,1-2H3,(H,25,27). The molecule has 0 saturated carbocycles. The normalized spacial score (nSPS) is 20.2. The maximum atomic E-state index is 12.1. The summed E-state index contributed by atoms with van der Waals surface area (Å²) < 4.78 is 5.86. The molecule has 0 radical (unpaired) electrons. The highest BCUT2D eigenvalue weighted by Gasteiger charge is 2.20. The van der Waals surface area contributed by atoms with E-state index in [0.717, 1.165) is 54.9 Å². The van der Waals surface area contributed by atoms with E-state index in [1.165, 1.54) is 19.5 Å². The lowest BCUT2D eigenvalue weighted by Crippen LogP contribution is -2.39. The summed E-state index contributed by atoms with van der Waals surface area (Å²) in [5.74, 6) is 3.46. The SMILES string of the molecule is CC1CC(C)CN(CCCCNC(=O)CCc2ccc(-c3ccccc3)o2)C1. The number of nitrogens with one attached hydrogen (secondary N) is 1. The Morgan fingerprint density at radius 2 is 1.82 bits per heavy atom. The third-order valence-electron chi connectivity index (χ3n) is 5.49. The molecule has 2 unspecified atom stereocenters. The summed E-state index contributed by atoms with van der Waals surface area (Å²) >= 11 is 0. The summed E-state index contributed by atoms with van der Waals surface area (Å²) in [6.07, 6.45) is 4.67. The fourth-order valence-corrected chi connectivity index (χ4v) is 4.26. The van der Waals surface area contributed by atoms with Gasteiger partial charge in [0.05, 0.1) is 0 Å². The molecule has 1 saturated heterocycles. The predicted molar refractivity (Wildman–Crippen MR) is 114 cm³/mol. The molecule has 1 aromatic heterocycles. The van der Waals surface area contributed by atoms with Gasteiger partial charge >= 0.3 is 0 Å². The molecule has 2 heterocycles. The van der Waals surface area contributed by atoms with Crippen LogP contribution in [-0.2, 0) is 11.2 Å². The van der Waals surface area contributed by atoms with Crippen molar-refractivity contribution >= 4 is 5.91 Å². The molecule has 3 rings (SSSR count). The van der Waals surface area contributed by atoms with Gasteiger partial charge in [-0.25, -0.2) is 0 Å². The molecule has 4 nitrogen and oxygen atoms in total. The summed E-state index contributed by atoms with van der Waals surface area (Å²) in [4.78, 5) is 14.7. The molecule has 2 aromatic rings. The third-order valence-corrected chi connectivity index (χ3v) is 5.49. The van der Waals surface area contributed by atoms with Crippen LogP contribution in [0.3, 0.4) is 0 Å².